The second kappa shape index (κ2) is 6.36. The minimum atomic E-state index is -0.752. The third kappa shape index (κ3) is 3.19. The van der Waals surface area contributed by atoms with Crippen LogP contribution in [0.3, 0.4) is 0 Å². The molecule has 1 aromatic heterocycles. The minimum Gasteiger partial charge on any atom is -0.388 e. The van der Waals surface area contributed by atoms with Crippen LogP contribution in [0.4, 0.5) is 0 Å². The average molecular weight is 328 g/mol. The fourth-order valence-electron chi connectivity index (χ4n) is 2.97. The van der Waals surface area contributed by atoms with E-state index in [1.165, 1.54) is 0 Å². The predicted octanol–water partition coefficient (Wildman–Crippen LogP) is 2.34. The van der Waals surface area contributed by atoms with E-state index in [4.69, 9.17) is 0 Å². The maximum Gasteiger partial charge on any atom is 0.291 e. The molecule has 0 atom stereocenters. The predicted molar refractivity (Wildman–Crippen MR) is 91.3 cm³/mol. The highest BCUT2D eigenvalue weighted by Crippen LogP contribution is 2.30. The lowest BCUT2D eigenvalue weighted by atomic mass is 9.80. The first kappa shape index (κ1) is 16.6. The zero-order chi connectivity index (χ0) is 17.3. The number of carbonyl (C=O) groups is 1. The summed E-state index contributed by atoms with van der Waals surface area (Å²) in [5.41, 5.74) is 1.34. The van der Waals surface area contributed by atoms with Crippen molar-refractivity contribution in [2.45, 2.75) is 51.6 Å². The maximum absolute atomic E-state index is 12.3. The number of amides is 1. The van der Waals surface area contributed by atoms with Gasteiger partial charge >= 0.3 is 0 Å². The van der Waals surface area contributed by atoms with Gasteiger partial charge in [-0.05, 0) is 43.7 Å². The van der Waals surface area contributed by atoms with Crippen LogP contribution in [0.15, 0.2) is 24.3 Å². The van der Waals surface area contributed by atoms with Gasteiger partial charge in [-0.15, -0.1) is 5.10 Å². The van der Waals surface area contributed by atoms with Gasteiger partial charge in [-0.25, -0.2) is 9.67 Å². The summed E-state index contributed by atoms with van der Waals surface area (Å²) in [6.45, 7) is 6.33. The molecule has 1 saturated carbocycles. The van der Waals surface area contributed by atoms with E-state index in [1.54, 1.807) is 4.68 Å². The molecule has 0 saturated heterocycles. The largest absolute Gasteiger partial charge is 0.388 e. The van der Waals surface area contributed by atoms with Crippen LogP contribution in [0.1, 0.15) is 61.0 Å². The standard InChI is InChI=1S/C18H24N4O2/c1-12(2)14-7-4-5-8-15(14)22-13(3)20-16(21-22)17(23)19-11-18(24)9-6-10-18/h4-5,7-8,12,24H,6,9-11H2,1-3H3,(H,19,23). The molecule has 6 nitrogen and oxygen atoms in total. The zero-order valence-corrected chi connectivity index (χ0v) is 14.4. The van der Waals surface area contributed by atoms with Crippen molar-refractivity contribution in [1.29, 1.82) is 0 Å². The average Bonchev–Trinajstić information content (AvgIpc) is 2.92. The molecule has 1 amide bonds. The number of rotatable bonds is 5. The van der Waals surface area contributed by atoms with Crippen LogP contribution >= 0.6 is 0 Å². The fourth-order valence-corrected chi connectivity index (χ4v) is 2.97. The number of benzene rings is 1. The minimum absolute atomic E-state index is 0.133. The highest BCUT2D eigenvalue weighted by Gasteiger charge is 2.35. The number of para-hydroxylation sites is 1. The van der Waals surface area contributed by atoms with Crippen molar-refractivity contribution in [3.8, 4) is 5.69 Å². The van der Waals surface area contributed by atoms with Gasteiger partial charge in [0.2, 0.25) is 5.82 Å². The first-order valence-electron chi connectivity index (χ1n) is 8.43. The maximum atomic E-state index is 12.3. The summed E-state index contributed by atoms with van der Waals surface area (Å²) in [5.74, 6) is 0.790. The van der Waals surface area contributed by atoms with Gasteiger partial charge in [-0.2, -0.15) is 0 Å². The normalized spacial score (nSPS) is 16.0. The highest BCUT2D eigenvalue weighted by atomic mass is 16.3. The third-order valence-corrected chi connectivity index (χ3v) is 4.62. The van der Waals surface area contributed by atoms with Gasteiger partial charge in [0.1, 0.15) is 5.82 Å². The Morgan fingerprint density at radius 1 is 1.38 bits per heavy atom. The Hall–Kier alpha value is -2.21. The summed E-state index contributed by atoms with van der Waals surface area (Å²) in [5, 5.41) is 17.2. The lowest BCUT2D eigenvalue weighted by molar-refractivity contribution is -0.0301. The molecular weight excluding hydrogens is 304 g/mol. The van der Waals surface area contributed by atoms with Crippen molar-refractivity contribution in [1.82, 2.24) is 20.1 Å². The van der Waals surface area contributed by atoms with E-state index in [0.717, 1.165) is 30.5 Å². The molecule has 3 rings (SSSR count). The zero-order valence-electron chi connectivity index (χ0n) is 14.4. The molecule has 128 valence electrons. The van der Waals surface area contributed by atoms with E-state index in [9.17, 15) is 9.90 Å². The van der Waals surface area contributed by atoms with E-state index < -0.39 is 5.60 Å². The van der Waals surface area contributed by atoms with Gasteiger partial charge < -0.3 is 10.4 Å². The summed E-state index contributed by atoms with van der Waals surface area (Å²) in [6, 6.07) is 8.00. The summed E-state index contributed by atoms with van der Waals surface area (Å²) < 4.78 is 1.71. The molecule has 1 aromatic carbocycles. The van der Waals surface area contributed by atoms with E-state index in [2.05, 4.69) is 35.3 Å². The number of nitrogens with zero attached hydrogens (tertiary/aromatic N) is 3. The van der Waals surface area contributed by atoms with Gasteiger partial charge in [0.05, 0.1) is 11.3 Å². The molecule has 24 heavy (non-hydrogen) atoms. The molecule has 0 bridgehead atoms. The Morgan fingerprint density at radius 3 is 2.71 bits per heavy atom. The molecular formula is C18H24N4O2. The number of aromatic nitrogens is 3. The van der Waals surface area contributed by atoms with Crippen LogP contribution in [0, 0.1) is 6.92 Å². The van der Waals surface area contributed by atoms with Crippen molar-refractivity contribution >= 4 is 5.91 Å². The van der Waals surface area contributed by atoms with Crippen molar-refractivity contribution in [3.05, 3.63) is 41.5 Å². The van der Waals surface area contributed by atoms with E-state index in [0.29, 0.717) is 11.7 Å². The third-order valence-electron chi connectivity index (χ3n) is 4.62. The van der Waals surface area contributed by atoms with Crippen LogP contribution in [-0.2, 0) is 0 Å². The Kier molecular flexibility index (Phi) is 4.41. The number of nitrogens with one attached hydrogen (secondary N) is 1. The molecule has 1 aliphatic rings. The topological polar surface area (TPSA) is 80.0 Å². The SMILES string of the molecule is Cc1nc(C(=O)NCC2(O)CCC2)nn1-c1ccccc1C(C)C. The molecule has 0 unspecified atom stereocenters. The molecule has 0 radical (unpaired) electrons. The van der Waals surface area contributed by atoms with Gasteiger partial charge in [-0.1, -0.05) is 32.0 Å². The number of aliphatic hydroxyl groups is 1. The molecule has 0 aliphatic heterocycles. The first-order valence-corrected chi connectivity index (χ1v) is 8.43. The van der Waals surface area contributed by atoms with E-state index in [-0.39, 0.29) is 18.3 Å². The van der Waals surface area contributed by atoms with Crippen molar-refractivity contribution < 1.29 is 9.90 Å². The molecule has 1 heterocycles. The highest BCUT2D eigenvalue weighted by molar-refractivity contribution is 5.90. The van der Waals surface area contributed by atoms with Crippen molar-refractivity contribution in [2.75, 3.05) is 6.54 Å². The van der Waals surface area contributed by atoms with Gasteiger partial charge in [0.15, 0.2) is 0 Å². The lowest BCUT2D eigenvalue weighted by Crippen LogP contribution is -2.47. The Morgan fingerprint density at radius 2 is 2.08 bits per heavy atom. The molecule has 2 aromatic rings. The summed E-state index contributed by atoms with van der Waals surface area (Å²) >= 11 is 0. The van der Waals surface area contributed by atoms with E-state index in [1.807, 2.05) is 25.1 Å². The fraction of sp³-hybridized carbons (Fsp3) is 0.500. The first-order chi connectivity index (χ1) is 11.4. The quantitative estimate of drug-likeness (QED) is 0.883. The summed E-state index contributed by atoms with van der Waals surface area (Å²) in [4.78, 5) is 16.6. The summed E-state index contributed by atoms with van der Waals surface area (Å²) in [7, 11) is 0. The van der Waals surface area contributed by atoms with Gasteiger partial charge in [0.25, 0.3) is 5.91 Å². The number of hydrogen-bond acceptors (Lipinski definition) is 4. The van der Waals surface area contributed by atoms with Gasteiger partial charge in [-0.3, -0.25) is 4.79 Å². The van der Waals surface area contributed by atoms with Crippen molar-refractivity contribution in [2.24, 2.45) is 0 Å². The smallest absolute Gasteiger partial charge is 0.291 e. The Balaban J connectivity index is 1.81. The second-order valence-electron chi connectivity index (χ2n) is 6.87. The monoisotopic (exact) mass is 328 g/mol. The number of aryl methyl sites for hydroxylation is 1. The van der Waals surface area contributed by atoms with Crippen LogP contribution in [-0.4, -0.2) is 37.9 Å². The summed E-state index contributed by atoms with van der Waals surface area (Å²) in [6.07, 6.45) is 2.47. The number of carbonyl (C=O) groups excluding carboxylic acids is 1. The van der Waals surface area contributed by atoms with Crippen LogP contribution in [0.25, 0.3) is 5.69 Å². The van der Waals surface area contributed by atoms with Gasteiger partial charge in [0, 0.05) is 6.54 Å². The molecule has 6 heteroatoms. The van der Waals surface area contributed by atoms with Crippen LogP contribution < -0.4 is 5.32 Å². The molecule has 2 N–H and O–H groups in total. The van der Waals surface area contributed by atoms with Crippen molar-refractivity contribution in [3.63, 3.8) is 0 Å². The number of hydrogen-bond donors (Lipinski definition) is 2. The molecule has 0 spiro atoms. The molecule has 1 aliphatic carbocycles. The Labute approximate surface area is 141 Å². The molecule has 1 fully saturated rings. The van der Waals surface area contributed by atoms with E-state index >= 15 is 0 Å². The van der Waals surface area contributed by atoms with Crippen LogP contribution in [0.5, 0.6) is 0 Å². The van der Waals surface area contributed by atoms with Crippen LogP contribution in [0.2, 0.25) is 0 Å². The Bertz CT molecular complexity index is 747. The lowest BCUT2D eigenvalue weighted by Gasteiger charge is -2.36. The second-order valence-corrected chi connectivity index (χ2v) is 6.87.